The number of aliphatic imine (C=N–C) groups is 1. The van der Waals surface area contributed by atoms with E-state index in [2.05, 4.69) is 15.6 Å². The van der Waals surface area contributed by atoms with E-state index in [0.29, 0.717) is 29.2 Å². The van der Waals surface area contributed by atoms with Crippen LogP contribution in [0.15, 0.2) is 40.2 Å². The van der Waals surface area contributed by atoms with Gasteiger partial charge < -0.3 is 15.2 Å². The molecule has 0 fully saturated rings. The molecule has 0 saturated carbocycles. The number of hydrogen-bond donors (Lipinski definition) is 2. The van der Waals surface area contributed by atoms with Crippen LogP contribution in [0.25, 0.3) is 0 Å². The Hall–Kier alpha value is -1.01. The molecule has 0 saturated heterocycles. The second kappa shape index (κ2) is 10.7. The smallest absolute Gasteiger partial charge is 0.242 e. The lowest BCUT2D eigenvalue weighted by Gasteiger charge is -2.14. The highest BCUT2D eigenvalue weighted by molar-refractivity contribution is 14.0. The summed E-state index contributed by atoms with van der Waals surface area (Å²) in [6.45, 7) is 0.999. The first-order chi connectivity index (χ1) is 12.7. The van der Waals surface area contributed by atoms with Crippen LogP contribution < -0.4 is 10.6 Å². The lowest BCUT2D eigenvalue weighted by molar-refractivity contribution is 0.520. The molecule has 0 aliphatic carbocycles. The summed E-state index contributed by atoms with van der Waals surface area (Å²) in [6.07, 6.45) is 0. The number of hydrogen-bond acceptors (Lipinski definition) is 3. The Kier molecular flexibility index (Phi) is 9.54. The highest BCUT2D eigenvalue weighted by atomic mass is 127. The predicted octanol–water partition coefficient (Wildman–Crippen LogP) is 3.07. The Morgan fingerprint density at radius 2 is 1.71 bits per heavy atom. The number of guanidine groups is 1. The van der Waals surface area contributed by atoms with Crippen molar-refractivity contribution in [3.05, 3.63) is 51.8 Å². The standard InChI is InChI=1S/C17H23Cl2N5O2S.HI/c1-20-17(22-11-13-9-15(18)16(19)24(13)4)21-10-12-5-7-14(8-6-12)27(25,26)23(2)3;/h5-9H,10-11H2,1-4H3,(H2,20,21,22);1H. The number of sulfonamides is 1. The lowest BCUT2D eigenvalue weighted by atomic mass is 10.2. The first kappa shape index (κ1) is 25.0. The zero-order valence-corrected chi connectivity index (χ0v) is 20.7. The monoisotopic (exact) mass is 559 g/mol. The molecule has 0 amide bonds. The molecule has 0 radical (unpaired) electrons. The zero-order chi connectivity index (χ0) is 20.2. The van der Waals surface area contributed by atoms with E-state index < -0.39 is 10.0 Å². The molecular weight excluding hydrogens is 536 g/mol. The molecule has 0 atom stereocenters. The summed E-state index contributed by atoms with van der Waals surface area (Å²) in [7, 11) is 3.11. The Morgan fingerprint density at radius 3 is 2.18 bits per heavy atom. The number of nitrogens with one attached hydrogen (secondary N) is 2. The normalized spacial score (nSPS) is 12.0. The summed E-state index contributed by atoms with van der Waals surface area (Å²) in [4.78, 5) is 4.43. The van der Waals surface area contributed by atoms with Gasteiger partial charge in [0.05, 0.1) is 16.5 Å². The molecule has 0 bridgehead atoms. The fourth-order valence-corrected chi connectivity index (χ4v) is 3.65. The Morgan fingerprint density at radius 1 is 1.14 bits per heavy atom. The number of nitrogens with zero attached hydrogens (tertiary/aromatic N) is 3. The minimum Gasteiger partial charge on any atom is -0.352 e. The fraction of sp³-hybridized carbons (Fsp3) is 0.353. The number of aromatic nitrogens is 1. The highest BCUT2D eigenvalue weighted by Crippen LogP contribution is 2.24. The second-order valence-corrected chi connectivity index (χ2v) is 8.96. The van der Waals surface area contributed by atoms with Crippen molar-refractivity contribution in [3.63, 3.8) is 0 Å². The largest absolute Gasteiger partial charge is 0.352 e. The maximum atomic E-state index is 12.1. The predicted molar refractivity (Wildman–Crippen MR) is 125 cm³/mol. The van der Waals surface area contributed by atoms with Crippen molar-refractivity contribution >= 4 is 63.2 Å². The summed E-state index contributed by atoms with van der Waals surface area (Å²) in [6, 6.07) is 8.53. The van der Waals surface area contributed by atoms with E-state index in [1.54, 1.807) is 41.9 Å². The minimum atomic E-state index is -3.42. The summed E-state index contributed by atoms with van der Waals surface area (Å²) >= 11 is 12.1. The molecule has 11 heteroatoms. The van der Waals surface area contributed by atoms with Crippen molar-refractivity contribution in [1.82, 2.24) is 19.5 Å². The van der Waals surface area contributed by atoms with E-state index in [0.717, 1.165) is 11.3 Å². The van der Waals surface area contributed by atoms with Crippen LogP contribution in [0.5, 0.6) is 0 Å². The maximum absolute atomic E-state index is 12.1. The van der Waals surface area contributed by atoms with Crippen LogP contribution in [-0.2, 0) is 30.2 Å². The maximum Gasteiger partial charge on any atom is 0.242 e. The van der Waals surface area contributed by atoms with Crippen LogP contribution in [-0.4, -0.2) is 44.4 Å². The molecule has 28 heavy (non-hydrogen) atoms. The van der Waals surface area contributed by atoms with Gasteiger partial charge in [-0.15, -0.1) is 24.0 Å². The number of benzene rings is 1. The second-order valence-electron chi connectivity index (χ2n) is 6.04. The lowest BCUT2D eigenvalue weighted by Crippen LogP contribution is -2.36. The van der Waals surface area contributed by atoms with Gasteiger partial charge in [-0.1, -0.05) is 35.3 Å². The molecule has 0 aliphatic heterocycles. The van der Waals surface area contributed by atoms with Crippen molar-refractivity contribution in [2.45, 2.75) is 18.0 Å². The van der Waals surface area contributed by atoms with Gasteiger partial charge in [0, 0.05) is 40.4 Å². The quantitative estimate of drug-likeness (QED) is 0.324. The van der Waals surface area contributed by atoms with Gasteiger partial charge in [0.1, 0.15) is 5.15 Å². The SMILES string of the molecule is CN=C(NCc1ccc(S(=O)(=O)N(C)C)cc1)NCc1cc(Cl)c(Cl)n1C.I. The number of rotatable bonds is 6. The zero-order valence-electron chi connectivity index (χ0n) is 16.0. The minimum absolute atomic E-state index is 0. The Labute approximate surface area is 193 Å². The van der Waals surface area contributed by atoms with Crippen molar-refractivity contribution in [1.29, 1.82) is 0 Å². The molecule has 1 aromatic heterocycles. The van der Waals surface area contributed by atoms with Crippen molar-refractivity contribution in [2.24, 2.45) is 12.0 Å². The average Bonchev–Trinajstić information content (AvgIpc) is 2.89. The molecule has 2 rings (SSSR count). The van der Waals surface area contributed by atoms with Crippen LogP contribution in [0.3, 0.4) is 0 Å². The van der Waals surface area contributed by atoms with Gasteiger partial charge in [-0.2, -0.15) is 0 Å². The molecular formula is C17H24Cl2IN5O2S. The van der Waals surface area contributed by atoms with Gasteiger partial charge in [0.15, 0.2) is 5.96 Å². The Bertz CT molecular complexity index is 928. The Balaban J connectivity index is 0.00000392. The van der Waals surface area contributed by atoms with Gasteiger partial charge in [0.2, 0.25) is 10.0 Å². The topological polar surface area (TPSA) is 78.7 Å². The van der Waals surface area contributed by atoms with Crippen LogP contribution in [0.2, 0.25) is 10.2 Å². The molecule has 7 nitrogen and oxygen atoms in total. The van der Waals surface area contributed by atoms with E-state index in [-0.39, 0.29) is 28.9 Å². The third-order valence-electron chi connectivity index (χ3n) is 4.04. The number of halogens is 3. The van der Waals surface area contributed by atoms with Crippen LogP contribution in [0.4, 0.5) is 0 Å². The first-order valence-corrected chi connectivity index (χ1v) is 10.3. The van der Waals surface area contributed by atoms with E-state index in [1.807, 2.05) is 7.05 Å². The van der Waals surface area contributed by atoms with Gasteiger partial charge in [-0.05, 0) is 23.8 Å². The van der Waals surface area contributed by atoms with Gasteiger partial charge in [0.25, 0.3) is 0 Å². The molecule has 0 aliphatic rings. The highest BCUT2D eigenvalue weighted by Gasteiger charge is 2.16. The third kappa shape index (κ3) is 5.99. The van der Waals surface area contributed by atoms with E-state index >= 15 is 0 Å². The molecule has 2 N–H and O–H groups in total. The van der Waals surface area contributed by atoms with Crippen LogP contribution in [0, 0.1) is 0 Å². The van der Waals surface area contributed by atoms with E-state index in [4.69, 9.17) is 23.2 Å². The molecule has 2 aromatic rings. The van der Waals surface area contributed by atoms with E-state index in [1.165, 1.54) is 18.4 Å². The van der Waals surface area contributed by atoms with Crippen LogP contribution >= 0.6 is 47.2 Å². The molecule has 156 valence electrons. The molecule has 1 heterocycles. The summed E-state index contributed by atoms with van der Waals surface area (Å²) in [5.74, 6) is 0.605. The molecule has 0 unspecified atom stereocenters. The van der Waals surface area contributed by atoms with Crippen LogP contribution in [0.1, 0.15) is 11.3 Å². The summed E-state index contributed by atoms with van der Waals surface area (Å²) < 4.78 is 27.2. The first-order valence-electron chi connectivity index (χ1n) is 8.12. The average molecular weight is 560 g/mol. The van der Waals surface area contributed by atoms with Gasteiger partial charge >= 0.3 is 0 Å². The summed E-state index contributed by atoms with van der Waals surface area (Å²) in [5, 5.41) is 7.36. The third-order valence-corrected chi connectivity index (χ3v) is 6.71. The van der Waals surface area contributed by atoms with Crippen molar-refractivity contribution in [2.75, 3.05) is 21.1 Å². The van der Waals surface area contributed by atoms with Gasteiger partial charge in [-0.25, -0.2) is 12.7 Å². The van der Waals surface area contributed by atoms with Crippen molar-refractivity contribution < 1.29 is 8.42 Å². The summed E-state index contributed by atoms with van der Waals surface area (Å²) in [5.41, 5.74) is 1.85. The molecule has 0 spiro atoms. The fourth-order valence-electron chi connectivity index (χ4n) is 2.33. The van der Waals surface area contributed by atoms with Crippen molar-refractivity contribution in [3.8, 4) is 0 Å². The van der Waals surface area contributed by atoms with E-state index in [9.17, 15) is 8.42 Å². The molecule has 1 aromatic carbocycles. The van der Waals surface area contributed by atoms with Gasteiger partial charge in [-0.3, -0.25) is 4.99 Å².